The van der Waals surface area contributed by atoms with Gasteiger partial charge in [0.25, 0.3) is 5.91 Å². The minimum Gasteiger partial charge on any atom is -0.464 e. The fourth-order valence-electron chi connectivity index (χ4n) is 4.60. The van der Waals surface area contributed by atoms with Crippen molar-refractivity contribution in [2.45, 2.75) is 32.0 Å². The summed E-state index contributed by atoms with van der Waals surface area (Å²) < 4.78 is 17.8. The summed E-state index contributed by atoms with van der Waals surface area (Å²) in [6, 6.07) is 7.13. The lowest BCUT2D eigenvalue weighted by atomic mass is 9.81. The van der Waals surface area contributed by atoms with E-state index in [1.165, 1.54) is 6.26 Å². The van der Waals surface area contributed by atoms with E-state index >= 15 is 0 Å². The fraction of sp³-hybridized carbons (Fsp3) is 0.520. The maximum absolute atomic E-state index is 13.4. The van der Waals surface area contributed by atoms with Crippen LogP contribution in [0.4, 0.5) is 0 Å². The van der Waals surface area contributed by atoms with Gasteiger partial charge in [0.2, 0.25) is 6.29 Å². The molecule has 1 saturated heterocycles. The van der Waals surface area contributed by atoms with Crippen molar-refractivity contribution in [2.75, 3.05) is 46.4 Å². The van der Waals surface area contributed by atoms with Gasteiger partial charge in [0.1, 0.15) is 5.58 Å². The third-order valence-electron chi connectivity index (χ3n) is 6.48. The smallest absolute Gasteiger partial charge is 0.288 e. The van der Waals surface area contributed by atoms with Gasteiger partial charge in [-0.15, -0.1) is 0 Å². The first-order chi connectivity index (χ1) is 16.0. The van der Waals surface area contributed by atoms with E-state index in [1.807, 2.05) is 20.0 Å². The zero-order chi connectivity index (χ0) is 23.4. The Morgan fingerprint density at radius 3 is 2.70 bits per heavy atom. The molecule has 0 bridgehead atoms. The topological polar surface area (TPSA) is 92.5 Å². The highest BCUT2D eigenvalue weighted by Gasteiger charge is 2.40. The van der Waals surface area contributed by atoms with Gasteiger partial charge in [-0.3, -0.25) is 9.59 Å². The lowest BCUT2D eigenvalue weighted by molar-refractivity contribution is -0.171. The van der Waals surface area contributed by atoms with E-state index in [0.29, 0.717) is 49.1 Å². The van der Waals surface area contributed by atoms with Crippen molar-refractivity contribution in [1.82, 2.24) is 9.80 Å². The third-order valence-corrected chi connectivity index (χ3v) is 6.48. The third kappa shape index (κ3) is 4.98. The van der Waals surface area contributed by atoms with Gasteiger partial charge in [-0.2, -0.15) is 0 Å². The molecule has 33 heavy (non-hydrogen) atoms. The number of para-hydroxylation sites is 1. The van der Waals surface area contributed by atoms with Crippen LogP contribution in [0.5, 0.6) is 0 Å². The number of aliphatic hydroxyl groups is 1. The van der Waals surface area contributed by atoms with Crippen LogP contribution in [-0.2, 0) is 14.3 Å². The van der Waals surface area contributed by atoms with Crippen molar-refractivity contribution in [3.8, 4) is 0 Å². The number of carbonyl (C=O) groups excluding carboxylic acids is 1. The van der Waals surface area contributed by atoms with Crippen molar-refractivity contribution >= 4 is 16.9 Å². The molecule has 3 atom stereocenters. The molecule has 1 amide bonds. The standard InChI is InChI=1S/C25H32N2O6/c1-3-31-25-17(8-6-14-28)19(20-16-32-21-9-5-4-7-18(21)23(20)29)15-22(33-25)24(30)27-12-10-26(2)11-13-27/h4-5,7,9,15-17,19,25,28H,3,6,8,10-14H2,1-2H3/t17-,19-,25+/m1/s1. The van der Waals surface area contributed by atoms with Crippen LogP contribution < -0.4 is 5.43 Å². The SMILES string of the molecule is CCO[C@H]1OC(C(=O)N2CCN(C)CC2)=C[C@@H](c2coc3ccccc3c2=O)[C@H]1CCCO. The van der Waals surface area contributed by atoms with E-state index in [4.69, 9.17) is 13.9 Å². The van der Waals surface area contributed by atoms with Crippen LogP contribution in [0.2, 0.25) is 0 Å². The van der Waals surface area contributed by atoms with Crippen molar-refractivity contribution < 1.29 is 23.8 Å². The minimum atomic E-state index is -0.700. The summed E-state index contributed by atoms with van der Waals surface area (Å²) >= 11 is 0. The summed E-state index contributed by atoms with van der Waals surface area (Å²) in [4.78, 5) is 30.7. The van der Waals surface area contributed by atoms with E-state index in [1.54, 1.807) is 29.2 Å². The molecule has 8 nitrogen and oxygen atoms in total. The molecule has 0 aliphatic carbocycles. The first kappa shape index (κ1) is 23.5. The number of fused-ring (bicyclic) bond motifs is 1. The van der Waals surface area contributed by atoms with Crippen molar-refractivity contribution in [3.63, 3.8) is 0 Å². The first-order valence-electron chi connectivity index (χ1n) is 11.6. The molecule has 1 aromatic heterocycles. The van der Waals surface area contributed by atoms with Gasteiger partial charge in [-0.1, -0.05) is 12.1 Å². The van der Waals surface area contributed by atoms with E-state index < -0.39 is 12.2 Å². The quantitative estimate of drug-likeness (QED) is 0.684. The number of likely N-dealkylation sites (N-methyl/N-ethyl adjacent to an activating group) is 1. The molecule has 4 rings (SSSR count). The first-order valence-corrected chi connectivity index (χ1v) is 11.6. The van der Waals surface area contributed by atoms with Gasteiger partial charge in [0.05, 0.1) is 11.6 Å². The van der Waals surface area contributed by atoms with Gasteiger partial charge in [0.15, 0.2) is 11.2 Å². The number of amides is 1. The molecule has 2 aromatic rings. The molecule has 0 radical (unpaired) electrons. The molecule has 178 valence electrons. The maximum Gasteiger partial charge on any atom is 0.288 e. The Morgan fingerprint density at radius 2 is 1.97 bits per heavy atom. The van der Waals surface area contributed by atoms with E-state index in [-0.39, 0.29) is 29.6 Å². The van der Waals surface area contributed by atoms with E-state index in [0.717, 1.165) is 13.1 Å². The second kappa shape index (κ2) is 10.5. The summed E-state index contributed by atoms with van der Waals surface area (Å²) in [5.41, 5.74) is 0.855. The minimum absolute atomic E-state index is 0.0190. The average molecular weight is 457 g/mol. The molecular weight excluding hydrogens is 424 g/mol. The number of piperazine rings is 1. The van der Waals surface area contributed by atoms with Gasteiger partial charge < -0.3 is 28.8 Å². The highest BCUT2D eigenvalue weighted by atomic mass is 16.7. The second-order valence-electron chi connectivity index (χ2n) is 8.64. The van der Waals surface area contributed by atoms with Crippen LogP contribution in [0.15, 0.2) is 51.6 Å². The number of nitrogens with zero attached hydrogens (tertiary/aromatic N) is 2. The predicted octanol–water partition coefficient (Wildman–Crippen LogP) is 2.32. The predicted molar refractivity (Wildman–Crippen MR) is 124 cm³/mol. The number of allylic oxidation sites excluding steroid dienone is 1. The lowest BCUT2D eigenvalue weighted by Crippen LogP contribution is -2.49. The van der Waals surface area contributed by atoms with Gasteiger partial charge in [0, 0.05) is 56.8 Å². The Kier molecular flexibility index (Phi) is 7.47. The zero-order valence-corrected chi connectivity index (χ0v) is 19.2. The second-order valence-corrected chi connectivity index (χ2v) is 8.64. The monoisotopic (exact) mass is 456 g/mol. The lowest BCUT2D eigenvalue weighted by Gasteiger charge is -2.39. The number of hydrogen-bond acceptors (Lipinski definition) is 7. The number of hydrogen-bond donors (Lipinski definition) is 1. The summed E-state index contributed by atoms with van der Waals surface area (Å²) in [7, 11) is 2.03. The Morgan fingerprint density at radius 1 is 1.21 bits per heavy atom. The van der Waals surface area contributed by atoms with Crippen molar-refractivity contribution in [1.29, 1.82) is 0 Å². The Bertz CT molecular complexity index is 1060. The van der Waals surface area contributed by atoms with E-state index in [9.17, 15) is 14.7 Å². The zero-order valence-electron chi connectivity index (χ0n) is 19.2. The fourth-order valence-corrected chi connectivity index (χ4v) is 4.60. The molecule has 2 aliphatic rings. The Hall–Kier alpha value is -2.68. The highest BCUT2D eigenvalue weighted by Crippen LogP contribution is 2.39. The van der Waals surface area contributed by atoms with Crippen LogP contribution in [0.1, 0.15) is 31.2 Å². The summed E-state index contributed by atoms with van der Waals surface area (Å²) in [6.45, 7) is 5.11. The Labute approximate surface area is 193 Å². The molecule has 1 fully saturated rings. The van der Waals surface area contributed by atoms with Crippen molar-refractivity contribution in [2.24, 2.45) is 5.92 Å². The molecular formula is C25H32N2O6. The molecule has 8 heteroatoms. The average Bonchev–Trinajstić information content (AvgIpc) is 2.83. The molecule has 1 N–H and O–H groups in total. The number of ether oxygens (including phenoxy) is 2. The van der Waals surface area contributed by atoms with Gasteiger partial charge >= 0.3 is 0 Å². The van der Waals surface area contributed by atoms with Crippen LogP contribution in [-0.4, -0.2) is 73.5 Å². The molecule has 0 unspecified atom stereocenters. The number of rotatable bonds is 7. The number of benzene rings is 1. The van der Waals surface area contributed by atoms with Crippen LogP contribution in [0.25, 0.3) is 11.0 Å². The molecule has 0 spiro atoms. The van der Waals surface area contributed by atoms with Crippen molar-refractivity contribution in [3.05, 3.63) is 58.2 Å². The molecule has 0 saturated carbocycles. The van der Waals surface area contributed by atoms with Crippen LogP contribution in [0.3, 0.4) is 0 Å². The normalized spacial score (nSPS) is 23.9. The number of aliphatic hydroxyl groups excluding tert-OH is 1. The molecule has 1 aromatic carbocycles. The highest BCUT2D eigenvalue weighted by molar-refractivity contribution is 5.92. The summed E-state index contributed by atoms with van der Waals surface area (Å²) in [5.74, 6) is -0.668. The van der Waals surface area contributed by atoms with Crippen LogP contribution in [0, 0.1) is 5.92 Å². The maximum atomic E-state index is 13.4. The summed E-state index contributed by atoms with van der Waals surface area (Å²) in [6.07, 6.45) is 3.64. The summed E-state index contributed by atoms with van der Waals surface area (Å²) in [5, 5.41) is 9.95. The number of carbonyl (C=O) groups is 1. The molecule has 2 aliphatic heterocycles. The van der Waals surface area contributed by atoms with Gasteiger partial charge in [-0.05, 0) is 45.0 Å². The largest absolute Gasteiger partial charge is 0.464 e. The van der Waals surface area contributed by atoms with E-state index in [2.05, 4.69) is 4.90 Å². The van der Waals surface area contributed by atoms with Crippen LogP contribution >= 0.6 is 0 Å². The Balaban J connectivity index is 1.75. The molecule has 3 heterocycles. The van der Waals surface area contributed by atoms with Gasteiger partial charge in [-0.25, -0.2) is 0 Å².